The van der Waals surface area contributed by atoms with Crippen LogP contribution >= 0.6 is 0 Å². The highest BCUT2D eigenvalue weighted by molar-refractivity contribution is 5.96. The second-order valence-electron chi connectivity index (χ2n) is 11.9. The zero-order chi connectivity index (χ0) is 28.1. The standard InChI is InChI=1S/C30H44N6O4/c1-20(2)27-33-30(40-34-27)36-14-10-22(11-15-36)7-6-16-39-24-8-9-25(21(3)17-24)28(37)32-23-18-26(31-19-23)29(38)35-12-4-5-13-35/h8-9,17,20,22-23,26,31H,4-7,10-16,18-19H2,1-3H3,(H,32,37)/t23-,26-/m0/s1. The number of hydrogen-bond acceptors (Lipinski definition) is 8. The zero-order valence-electron chi connectivity index (χ0n) is 24.2. The summed E-state index contributed by atoms with van der Waals surface area (Å²) in [6.45, 7) is 10.9. The molecule has 0 bridgehead atoms. The highest BCUT2D eigenvalue weighted by Crippen LogP contribution is 2.26. The summed E-state index contributed by atoms with van der Waals surface area (Å²) in [5.41, 5.74) is 1.54. The Bertz CT molecular complexity index is 1150. The molecule has 0 aliphatic carbocycles. The van der Waals surface area contributed by atoms with Gasteiger partial charge in [0, 0.05) is 50.2 Å². The molecule has 0 saturated carbocycles. The number of hydrogen-bond donors (Lipinski definition) is 2. The van der Waals surface area contributed by atoms with E-state index in [4.69, 9.17) is 9.26 Å². The molecule has 3 saturated heterocycles. The van der Waals surface area contributed by atoms with Crippen molar-refractivity contribution in [2.24, 2.45) is 5.92 Å². The van der Waals surface area contributed by atoms with E-state index in [9.17, 15) is 9.59 Å². The summed E-state index contributed by atoms with van der Waals surface area (Å²) in [6, 6.07) is 6.06. The van der Waals surface area contributed by atoms with Crippen LogP contribution in [0, 0.1) is 12.8 Å². The van der Waals surface area contributed by atoms with E-state index in [1.54, 1.807) is 0 Å². The highest BCUT2D eigenvalue weighted by atomic mass is 16.5. The van der Waals surface area contributed by atoms with Gasteiger partial charge in [-0.3, -0.25) is 9.59 Å². The molecular weight excluding hydrogens is 508 g/mol. The molecule has 2 aromatic rings. The van der Waals surface area contributed by atoms with Gasteiger partial charge < -0.3 is 29.7 Å². The first-order chi connectivity index (χ1) is 19.4. The van der Waals surface area contributed by atoms with E-state index in [1.807, 2.05) is 30.0 Å². The van der Waals surface area contributed by atoms with Gasteiger partial charge in [0.05, 0.1) is 12.6 Å². The summed E-state index contributed by atoms with van der Waals surface area (Å²) in [4.78, 5) is 34.3. The molecule has 2 amide bonds. The fraction of sp³-hybridized carbons (Fsp3) is 0.667. The van der Waals surface area contributed by atoms with Crippen molar-refractivity contribution in [3.8, 4) is 5.75 Å². The second-order valence-corrected chi connectivity index (χ2v) is 11.9. The van der Waals surface area contributed by atoms with Crippen molar-refractivity contribution in [1.82, 2.24) is 25.7 Å². The number of rotatable bonds is 10. The maximum Gasteiger partial charge on any atom is 0.324 e. The number of anilines is 1. The van der Waals surface area contributed by atoms with Crippen molar-refractivity contribution >= 4 is 17.8 Å². The number of carbonyl (C=O) groups is 2. The summed E-state index contributed by atoms with van der Waals surface area (Å²) in [7, 11) is 0. The number of aromatic nitrogens is 2. The van der Waals surface area contributed by atoms with E-state index in [2.05, 4.69) is 39.5 Å². The van der Waals surface area contributed by atoms with Gasteiger partial charge in [0.2, 0.25) is 5.91 Å². The van der Waals surface area contributed by atoms with E-state index < -0.39 is 0 Å². The summed E-state index contributed by atoms with van der Waals surface area (Å²) in [5, 5.41) is 10.5. The predicted molar refractivity (Wildman–Crippen MR) is 153 cm³/mol. The van der Waals surface area contributed by atoms with Gasteiger partial charge in [-0.25, -0.2) is 0 Å². The van der Waals surface area contributed by atoms with Gasteiger partial charge in [-0.2, -0.15) is 4.98 Å². The lowest BCUT2D eigenvalue weighted by atomic mass is 9.92. The maximum absolute atomic E-state index is 13.0. The third kappa shape index (κ3) is 6.95. The first kappa shape index (κ1) is 28.4. The molecule has 0 radical (unpaired) electrons. The lowest BCUT2D eigenvalue weighted by Gasteiger charge is -2.30. The molecule has 40 heavy (non-hydrogen) atoms. The topological polar surface area (TPSA) is 113 Å². The third-order valence-electron chi connectivity index (χ3n) is 8.48. The van der Waals surface area contributed by atoms with Crippen LogP contribution < -0.4 is 20.3 Å². The minimum Gasteiger partial charge on any atom is -0.494 e. The molecule has 3 aliphatic heterocycles. The van der Waals surface area contributed by atoms with Crippen molar-refractivity contribution in [1.29, 1.82) is 0 Å². The first-order valence-corrected chi connectivity index (χ1v) is 15.0. The van der Waals surface area contributed by atoms with Crippen molar-refractivity contribution < 1.29 is 18.8 Å². The fourth-order valence-electron chi connectivity index (χ4n) is 6.00. The van der Waals surface area contributed by atoms with Gasteiger partial charge >= 0.3 is 6.01 Å². The first-order valence-electron chi connectivity index (χ1n) is 15.0. The number of nitrogens with zero attached hydrogens (tertiary/aromatic N) is 4. The molecule has 0 unspecified atom stereocenters. The van der Waals surface area contributed by atoms with Gasteiger partial charge in [-0.15, -0.1) is 0 Å². The van der Waals surface area contributed by atoms with Crippen LogP contribution in [0.4, 0.5) is 6.01 Å². The Morgan fingerprint density at radius 2 is 1.95 bits per heavy atom. The minimum atomic E-state index is -0.198. The average molecular weight is 553 g/mol. The number of benzene rings is 1. The van der Waals surface area contributed by atoms with Crippen molar-refractivity contribution in [3.63, 3.8) is 0 Å². The minimum absolute atomic E-state index is 0.0456. The number of nitrogens with one attached hydrogen (secondary N) is 2. The monoisotopic (exact) mass is 552 g/mol. The molecule has 0 spiro atoms. The van der Waals surface area contributed by atoms with Crippen LogP contribution in [0.5, 0.6) is 5.75 Å². The number of aryl methyl sites for hydroxylation is 1. The largest absolute Gasteiger partial charge is 0.494 e. The average Bonchev–Trinajstić information content (AvgIpc) is 3.73. The molecule has 10 nitrogen and oxygen atoms in total. The predicted octanol–water partition coefficient (Wildman–Crippen LogP) is 3.66. The van der Waals surface area contributed by atoms with E-state index in [1.165, 1.54) is 0 Å². The lowest BCUT2D eigenvalue weighted by molar-refractivity contribution is -0.132. The molecule has 3 fully saturated rings. The van der Waals surface area contributed by atoms with E-state index in [0.717, 1.165) is 81.8 Å². The van der Waals surface area contributed by atoms with Gasteiger partial charge in [-0.05, 0) is 81.5 Å². The lowest BCUT2D eigenvalue weighted by Crippen LogP contribution is -2.42. The van der Waals surface area contributed by atoms with E-state index >= 15 is 0 Å². The number of amides is 2. The molecule has 2 N–H and O–H groups in total. The van der Waals surface area contributed by atoms with Crippen molar-refractivity contribution in [3.05, 3.63) is 35.2 Å². The van der Waals surface area contributed by atoms with Gasteiger partial charge in [0.15, 0.2) is 5.82 Å². The van der Waals surface area contributed by atoms with Gasteiger partial charge in [0.25, 0.3) is 5.91 Å². The Morgan fingerprint density at radius 3 is 2.65 bits per heavy atom. The fourth-order valence-corrected chi connectivity index (χ4v) is 6.00. The number of carbonyl (C=O) groups excluding carboxylic acids is 2. The van der Waals surface area contributed by atoms with Crippen LogP contribution in [-0.4, -0.2) is 78.3 Å². The molecular formula is C30H44N6O4. The van der Waals surface area contributed by atoms with Crippen LogP contribution in [0.2, 0.25) is 0 Å². The summed E-state index contributed by atoms with van der Waals surface area (Å²) < 4.78 is 11.5. The van der Waals surface area contributed by atoms with Crippen LogP contribution in [0.3, 0.4) is 0 Å². The summed E-state index contributed by atoms with van der Waals surface area (Å²) in [5.74, 6) is 2.57. The summed E-state index contributed by atoms with van der Waals surface area (Å²) in [6.07, 6.45) is 7.16. The Balaban J connectivity index is 1.00. The Morgan fingerprint density at radius 1 is 1.18 bits per heavy atom. The smallest absolute Gasteiger partial charge is 0.324 e. The molecule has 218 valence electrons. The molecule has 4 heterocycles. The van der Waals surface area contributed by atoms with Crippen molar-refractivity contribution in [2.45, 2.75) is 83.7 Å². The Hall–Kier alpha value is -3.14. The highest BCUT2D eigenvalue weighted by Gasteiger charge is 2.34. The molecule has 1 aromatic carbocycles. The second kappa shape index (κ2) is 13.0. The van der Waals surface area contributed by atoms with Crippen LogP contribution in [0.15, 0.2) is 22.7 Å². The van der Waals surface area contributed by atoms with Gasteiger partial charge in [0.1, 0.15) is 5.75 Å². The quantitative estimate of drug-likeness (QED) is 0.430. The Labute approximate surface area is 237 Å². The SMILES string of the molecule is Cc1cc(OCCCC2CCN(c3nc(C(C)C)no3)CC2)ccc1C(=O)N[C@@H]1CN[C@H](C(=O)N2CCCC2)C1. The van der Waals surface area contributed by atoms with Gasteiger partial charge in [-0.1, -0.05) is 19.0 Å². The summed E-state index contributed by atoms with van der Waals surface area (Å²) >= 11 is 0. The molecule has 10 heteroatoms. The number of piperidine rings is 1. The number of ether oxygens (including phenoxy) is 1. The van der Waals surface area contributed by atoms with Crippen LogP contribution in [0.25, 0.3) is 0 Å². The normalized spacial score (nSPS) is 21.8. The van der Waals surface area contributed by atoms with Crippen LogP contribution in [0.1, 0.15) is 86.5 Å². The molecule has 1 aromatic heterocycles. The van der Waals surface area contributed by atoms with E-state index in [-0.39, 0.29) is 29.8 Å². The molecule has 3 aliphatic rings. The van der Waals surface area contributed by atoms with Crippen molar-refractivity contribution in [2.75, 3.05) is 44.2 Å². The zero-order valence-corrected chi connectivity index (χ0v) is 24.2. The Kier molecular flexibility index (Phi) is 9.24. The maximum atomic E-state index is 13.0. The van der Waals surface area contributed by atoms with E-state index in [0.29, 0.717) is 37.1 Å². The van der Waals surface area contributed by atoms with Crippen LogP contribution in [-0.2, 0) is 4.79 Å². The number of likely N-dealkylation sites (tertiary alicyclic amines) is 1. The third-order valence-corrected chi connectivity index (χ3v) is 8.48. The molecule has 5 rings (SSSR count). The molecule has 2 atom stereocenters.